The standard InChI is InChI=1S/C16H21N5O/c1-12-6-2-3-7-13(12)17-19-16(22)10-11-21-15-9-5-4-8-14(15)18-20-21/h4-5,8-9,12H,2-3,6-7,10-11H2,1H3,(H,19,22). The number of carbonyl (C=O) groups is 1. The molecule has 1 N–H and O–H groups in total. The molecule has 22 heavy (non-hydrogen) atoms. The van der Waals surface area contributed by atoms with E-state index in [1.165, 1.54) is 19.3 Å². The first-order chi connectivity index (χ1) is 10.7. The van der Waals surface area contributed by atoms with Crippen molar-refractivity contribution in [2.24, 2.45) is 11.0 Å². The summed E-state index contributed by atoms with van der Waals surface area (Å²) in [6.45, 7) is 2.68. The Morgan fingerprint density at radius 1 is 1.41 bits per heavy atom. The molecule has 0 aliphatic heterocycles. The van der Waals surface area contributed by atoms with E-state index in [-0.39, 0.29) is 5.91 Å². The summed E-state index contributed by atoms with van der Waals surface area (Å²) in [5.41, 5.74) is 5.59. The van der Waals surface area contributed by atoms with Crippen molar-refractivity contribution in [2.75, 3.05) is 0 Å². The molecule has 0 saturated heterocycles. The van der Waals surface area contributed by atoms with Crippen molar-refractivity contribution in [3.05, 3.63) is 24.3 Å². The second-order valence-corrected chi connectivity index (χ2v) is 5.84. The van der Waals surface area contributed by atoms with Gasteiger partial charge in [-0.25, -0.2) is 10.1 Å². The van der Waals surface area contributed by atoms with E-state index in [1.54, 1.807) is 4.68 Å². The third-order valence-corrected chi connectivity index (χ3v) is 4.18. The number of hydrazone groups is 1. The molecule has 2 aromatic rings. The summed E-state index contributed by atoms with van der Waals surface area (Å²) in [4.78, 5) is 11.9. The molecule has 0 radical (unpaired) electrons. The fraction of sp³-hybridized carbons (Fsp3) is 0.500. The smallest absolute Gasteiger partial charge is 0.241 e. The first kappa shape index (κ1) is 14.7. The molecule has 1 aliphatic carbocycles. The van der Waals surface area contributed by atoms with Crippen LogP contribution in [-0.2, 0) is 11.3 Å². The number of hydrogen-bond donors (Lipinski definition) is 1. The van der Waals surface area contributed by atoms with Crippen LogP contribution in [0.3, 0.4) is 0 Å². The van der Waals surface area contributed by atoms with E-state index in [4.69, 9.17) is 0 Å². The fourth-order valence-electron chi connectivity index (χ4n) is 2.82. The van der Waals surface area contributed by atoms with Gasteiger partial charge in [-0.3, -0.25) is 4.79 Å². The molecule has 1 aliphatic rings. The van der Waals surface area contributed by atoms with E-state index in [9.17, 15) is 4.79 Å². The van der Waals surface area contributed by atoms with Gasteiger partial charge in [-0.05, 0) is 37.3 Å². The molecule has 116 valence electrons. The quantitative estimate of drug-likeness (QED) is 0.882. The molecule has 1 unspecified atom stereocenters. The lowest BCUT2D eigenvalue weighted by molar-refractivity contribution is -0.121. The highest BCUT2D eigenvalue weighted by atomic mass is 16.2. The highest BCUT2D eigenvalue weighted by molar-refractivity contribution is 5.88. The minimum Gasteiger partial charge on any atom is -0.273 e. The predicted octanol–water partition coefficient (Wildman–Crippen LogP) is 2.50. The Balaban J connectivity index is 1.55. The Hall–Kier alpha value is -2.24. The van der Waals surface area contributed by atoms with Crippen molar-refractivity contribution in [3.8, 4) is 0 Å². The lowest BCUT2D eigenvalue weighted by atomic mass is 9.89. The summed E-state index contributed by atoms with van der Waals surface area (Å²) in [6.07, 6.45) is 4.94. The predicted molar refractivity (Wildman–Crippen MR) is 85.4 cm³/mol. The van der Waals surface area contributed by atoms with Crippen LogP contribution in [-0.4, -0.2) is 26.6 Å². The number of para-hydroxylation sites is 1. The third kappa shape index (κ3) is 3.32. The molecule has 1 atom stereocenters. The molecular formula is C16H21N5O. The average Bonchev–Trinajstić information content (AvgIpc) is 2.95. The Bertz CT molecular complexity index is 691. The monoisotopic (exact) mass is 299 g/mol. The summed E-state index contributed by atoms with van der Waals surface area (Å²) in [6, 6.07) is 7.74. The number of nitrogens with one attached hydrogen (secondary N) is 1. The zero-order chi connectivity index (χ0) is 15.4. The number of benzene rings is 1. The lowest BCUT2D eigenvalue weighted by Gasteiger charge is -2.19. The van der Waals surface area contributed by atoms with Crippen molar-refractivity contribution in [2.45, 2.75) is 45.6 Å². The normalized spacial score (nSPS) is 20.4. The minimum atomic E-state index is -0.0788. The number of aromatic nitrogens is 3. The lowest BCUT2D eigenvalue weighted by Crippen LogP contribution is -2.25. The van der Waals surface area contributed by atoms with Gasteiger partial charge in [0.2, 0.25) is 5.91 Å². The van der Waals surface area contributed by atoms with Crippen LogP contribution < -0.4 is 5.43 Å². The summed E-state index contributed by atoms with van der Waals surface area (Å²) < 4.78 is 1.76. The zero-order valence-corrected chi connectivity index (χ0v) is 12.8. The van der Waals surface area contributed by atoms with E-state index in [0.717, 1.165) is 23.2 Å². The molecule has 1 fully saturated rings. The van der Waals surface area contributed by atoms with Gasteiger partial charge < -0.3 is 0 Å². The van der Waals surface area contributed by atoms with Gasteiger partial charge >= 0.3 is 0 Å². The summed E-state index contributed by atoms with van der Waals surface area (Å²) in [5.74, 6) is 0.401. The van der Waals surface area contributed by atoms with Gasteiger partial charge in [0.15, 0.2) is 0 Å². The molecule has 6 heteroatoms. The van der Waals surface area contributed by atoms with Gasteiger partial charge in [0.25, 0.3) is 0 Å². The fourth-order valence-corrected chi connectivity index (χ4v) is 2.82. The second-order valence-electron chi connectivity index (χ2n) is 5.84. The summed E-state index contributed by atoms with van der Waals surface area (Å²) >= 11 is 0. The Morgan fingerprint density at radius 2 is 2.27 bits per heavy atom. The Kier molecular flexibility index (Phi) is 4.46. The van der Waals surface area contributed by atoms with Crippen molar-refractivity contribution in [1.82, 2.24) is 20.4 Å². The maximum Gasteiger partial charge on any atom is 0.241 e. The molecule has 0 bridgehead atoms. The molecule has 1 amide bonds. The topological polar surface area (TPSA) is 72.2 Å². The maximum absolute atomic E-state index is 11.9. The number of carbonyl (C=O) groups excluding carboxylic acids is 1. The maximum atomic E-state index is 11.9. The molecule has 1 aromatic heterocycles. The highest BCUT2D eigenvalue weighted by Crippen LogP contribution is 2.20. The number of amides is 1. The van der Waals surface area contributed by atoms with Crippen LogP contribution in [0.2, 0.25) is 0 Å². The number of aryl methyl sites for hydroxylation is 1. The van der Waals surface area contributed by atoms with Crippen LogP contribution in [0.5, 0.6) is 0 Å². The summed E-state index contributed by atoms with van der Waals surface area (Å²) in [7, 11) is 0. The average molecular weight is 299 g/mol. The van der Waals surface area contributed by atoms with Gasteiger partial charge in [-0.15, -0.1) is 5.10 Å². The van der Waals surface area contributed by atoms with Gasteiger partial charge in [0.05, 0.1) is 12.1 Å². The Labute approximate surface area is 129 Å². The molecule has 6 nitrogen and oxygen atoms in total. The number of hydrogen-bond acceptors (Lipinski definition) is 4. The van der Waals surface area contributed by atoms with E-state index < -0.39 is 0 Å². The molecule has 0 spiro atoms. The van der Waals surface area contributed by atoms with Crippen LogP contribution in [0.15, 0.2) is 29.4 Å². The molecule has 1 aromatic carbocycles. The number of fused-ring (bicyclic) bond motifs is 1. The van der Waals surface area contributed by atoms with Gasteiger partial charge in [-0.1, -0.05) is 30.7 Å². The zero-order valence-electron chi connectivity index (χ0n) is 12.8. The Morgan fingerprint density at radius 3 is 3.14 bits per heavy atom. The molecule has 1 heterocycles. The van der Waals surface area contributed by atoms with Crippen molar-refractivity contribution in [1.29, 1.82) is 0 Å². The van der Waals surface area contributed by atoms with Crippen molar-refractivity contribution < 1.29 is 4.79 Å². The van der Waals surface area contributed by atoms with Crippen LogP contribution in [0, 0.1) is 5.92 Å². The molecular weight excluding hydrogens is 278 g/mol. The van der Waals surface area contributed by atoms with Crippen molar-refractivity contribution in [3.63, 3.8) is 0 Å². The highest BCUT2D eigenvalue weighted by Gasteiger charge is 2.16. The minimum absolute atomic E-state index is 0.0788. The van der Waals surface area contributed by atoms with Crippen LogP contribution in [0.4, 0.5) is 0 Å². The van der Waals surface area contributed by atoms with Crippen LogP contribution in [0.1, 0.15) is 39.0 Å². The number of nitrogens with zero attached hydrogens (tertiary/aromatic N) is 4. The van der Waals surface area contributed by atoms with Gasteiger partial charge in [0.1, 0.15) is 5.52 Å². The first-order valence-electron chi connectivity index (χ1n) is 7.87. The first-order valence-corrected chi connectivity index (χ1v) is 7.87. The SMILES string of the molecule is CC1CCCCC1=NNC(=O)CCn1nnc2ccccc21. The second kappa shape index (κ2) is 6.68. The van der Waals surface area contributed by atoms with Crippen LogP contribution in [0.25, 0.3) is 11.0 Å². The van der Waals surface area contributed by atoms with E-state index in [1.807, 2.05) is 24.3 Å². The van der Waals surface area contributed by atoms with E-state index in [2.05, 4.69) is 27.8 Å². The van der Waals surface area contributed by atoms with E-state index >= 15 is 0 Å². The largest absolute Gasteiger partial charge is 0.273 e. The molecule has 1 saturated carbocycles. The molecule has 3 rings (SSSR count). The number of rotatable bonds is 4. The summed E-state index contributed by atoms with van der Waals surface area (Å²) in [5, 5.41) is 12.5. The van der Waals surface area contributed by atoms with Gasteiger partial charge in [0, 0.05) is 12.1 Å². The van der Waals surface area contributed by atoms with E-state index in [0.29, 0.717) is 18.9 Å². The third-order valence-electron chi connectivity index (χ3n) is 4.18. The van der Waals surface area contributed by atoms with Gasteiger partial charge in [-0.2, -0.15) is 5.10 Å². The van der Waals surface area contributed by atoms with Crippen LogP contribution >= 0.6 is 0 Å². The van der Waals surface area contributed by atoms with Crippen molar-refractivity contribution >= 4 is 22.7 Å².